The fourth-order valence-electron chi connectivity index (χ4n) is 6.31. The highest BCUT2D eigenvalue weighted by atomic mass is 16.5. The summed E-state index contributed by atoms with van der Waals surface area (Å²) in [6.45, 7) is 16.1. The Labute approximate surface area is 363 Å². The normalized spacial score (nSPS) is 10.7. The Balaban J connectivity index is 0.000000335. The van der Waals surface area contributed by atoms with Crippen molar-refractivity contribution in [1.82, 2.24) is 24.9 Å². The Morgan fingerprint density at radius 3 is 1.51 bits per heavy atom. The first-order valence-electron chi connectivity index (χ1n) is 22.1. The van der Waals surface area contributed by atoms with Crippen LogP contribution in [0.2, 0.25) is 0 Å². The molecule has 0 fully saturated rings. The number of unbranched alkanes of at least 4 members (excludes halogenated alkanes) is 10. The van der Waals surface area contributed by atoms with E-state index in [1.165, 1.54) is 56.1 Å². The highest BCUT2D eigenvalue weighted by Crippen LogP contribution is 2.21. The fourth-order valence-corrected chi connectivity index (χ4v) is 6.31. The van der Waals surface area contributed by atoms with Crippen LogP contribution < -0.4 is 40.9 Å². The lowest BCUT2D eigenvalue weighted by Crippen LogP contribution is -2.23. The van der Waals surface area contributed by atoms with Gasteiger partial charge in [0.2, 0.25) is 0 Å². The number of aryl methyl sites for hydroxylation is 4. The minimum Gasteiger partial charge on any atom is -0.493 e. The maximum Gasteiger partial charge on any atom is 0.323 e. The minimum absolute atomic E-state index is 0.0417. The Bertz CT molecular complexity index is 1720. The quantitative estimate of drug-likeness (QED) is 0.0193. The van der Waals surface area contributed by atoms with Gasteiger partial charge in [0.15, 0.2) is 0 Å². The summed E-state index contributed by atoms with van der Waals surface area (Å²) in [6.07, 6.45) is 15.3. The van der Waals surface area contributed by atoms with Gasteiger partial charge in [-0.2, -0.15) is 24.9 Å². The monoisotopic (exact) mass is 849 g/mol. The molecule has 0 saturated carbocycles. The Hall–Kier alpha value is -5.19. The summed E-state index contributed by atoms with van der Waals surface area (Å²) in [6, 6.07) is 14.3. The van der Waals surface area contributed by atoms with Crippen LogP contribution in [0.3, 0.4) is 0 Å². The Kier molecular flexibility index (Phi) is 24.6. The Morgan fingerprint density at radius 2 is 1.00 bits per heavy atom. The number of hydrogen-bond donors (Lipinski definition) is 7. The second kappa shape index (κ2) is 29.9. The highest BCUT2D eigenvalue weighted by molar-refractivity contribution is 5.51. The number of aromatic nitrogens is 5. The zero-order chi connectivity index (χ0) is 44.1. The number of anilines is 5. The van der Waals surface area contributed by atoms with Crippen LogP contribution in [0.15, 0.2) is 42.5 Å². The van der Waals surface area contributed by atoms with E-state index in [4.69, 9.17) is 19.4 Å². The van der Waals surface area contributed by atoms with E-state index < -0.39 is 0 Å². The maximum absolute atomic E-state index is 10.2. The molecule has 4 aromatic rings. The van der Waals surface area contributed by atoms with Gasteiger partial charge in [0, 0.05) is 25.7 Å². The smallest absolute Gasteiger partial charge is 0.323 e. The molecule has 0 unspecified atom stereocenters. The maximum atomic E-state index is 10.2. The van der Waals surface area contributed by atoms with Crippen molar-refractivity contribution >= 4 is 29.5 Å². The summed E-state index contributed by atoms with van der Waals surface area (Å²) >= 11 is 0. The number of ether oxygens (including phenoxy) is 3. The molecule has 0 aliphatic rings. The van der Waals surface area contributed by atoms with Gasteiger partial charge in [-0.25, -0.2) is 16.0 Å². The molecule has 0 atom stereocenters. The van der Waals surface area contributed by atoms with Gasteiger partial charge in [-0.3, -0.25) is 15.6 Å². The standard InChI is InChI=1S/C26H35N5O3.C19H37N5O3/c1-18-7-9-22(20(3)15-18)33-13-5-11-27-24-17-25(30-26(29-24)31-32)28-12-6-14-34-23-10-8-19(2)16-21(23)4;1-3-5-7-9-11-13-15-24(26)18-20-17(23-25)21-19(22-18)27-16-14-12-10-8-6-4-2/h7-10,15-17,32H,5-6,11-14H2,1-4H3,(H3,27,28,29,30,31);25-26H,3-16H2,1-2H3,(H,20,21,22,23). The largest absolute Gasteiger partial charge is 0.493 e. The molecule has 16 heteroatoms. The molecule has 7 N–H and O–H groups in total. The van der Waals surface area contributed by atoms with Crippen LogP contribution in [0, 0.1) is 27.7 Å². The topological polar surface area (TPSA) is 204 Å². The van der Waals surface area contributed by atoms with Gasteiger partial charge in [0.05, 0.1) is 19.8 Å². The molecule has 0 amide bonds. The zero-order valence-corrected chi connectivity index (χ0v) is 37.4. The van der Waals surface area contributed by atoms with Crippen LogP contribution >= 0.6 is 0 Å². The van der Waals surface area contributed by atoms with Crippen molar-refractivity contribution in [2.24, 2.45) is 0 Å². The number of nitrogens with one attached hydrogen (secondary N) is 4. The summed E-state index contributed by atoms with van der Waals surface area (Å²) in [5.41, 5.74) is 8.64. The molecule has 61 heavy (non-hydrogen) atoms. The van der Waals surface area contributed by atoms with Crippen LogP contribution in [-0.4, -0.2) is 80.0 Å². The molecule has 4 rings (SSSR count). The van der Waals surface area contributed by atoms with E-state index in [0.29, 0.717) is 51.1 Å². The summed E-state index contributed by atoms with van der Waals surface area (Å²) < 4.78 is 17.3. The SMILES string of the molecule is CCCCCCCCOc1nc(NO)nc(N(O)CCCCCCCC)n1.Cc1ccc(OCCCNc2cc(NCCCOc3ccc(C)cc3C)nc(NO)n2)c(C)c1. The predicted molar refractivity (Wildman–Crippen MR) is 243 cm³/mol. The van der Waals surface area contributed by atoms with Crippen LogP contribution in [0.1, 0.15) is 126 Å². The Morgan fingerprint density at radius 1 is 0.525 bits per heavy atom. The van der Waals surface area contributed by atoms with E-state index in [1.807, 2.05) is 29.2 Å². The number of hydrogen-bond acceptors (Lipinski definition) is 16. The van der Waals surface area contributed by atoms with E-state index in [2.05, 4.69) is 101 Å². The fraction of sp³-hybridized carbons (Fsp3) is 0.578. The van der Waals surface area contributed by atoms with Crippen molar-refractivity contribution in [3.63, 3.8) is 0 Å². The predicted octanol–water partition coefficient (Wildman–Crippen LogP) is 10.2. The average molecular weight is 849 g/mol. The lowest BCUT2D eigenvalue weighted by molar-refractivity contribution is 0.237. The van der Waals surface area contributed by atoms with Crippen LogP contribution in [0.5, 0.6) is 17.5 Å². The van der Waals surface area contributed by atoms with Crippen molar-refractivity contribution in [3.8, 4) is 17.5 Å². The molecule has 0 spiro atoms. The number of benzene rings is 2. The summed E-state index contributed by atoms with van der Waals surface area (Å²) in [4.78, 5) is 20.6. The molecule has 338 valence electrons. The van der Waals surface area contributed by atoms with E-state index in [1.54, 1.807) is 0 Å². The summed E-state index contributed by atoms with van der Waals surface area (Å²) in [7, 11) is 0. The third kappa shape index (κ3) is 20.8. The van der Waals surface area contributed by atoms with E-state index in [0.717, 1.165) is 72.6 Å². The summed E-state index contributed by atoms with van der Waals surface area (Å²) in [5, 5.41) is 36.1. The molecule has 2 aromatic carbocycles. The molecule has 0 aliphatic carbocycles. The van der Waals surface area contributed by atoms with Gasteiger partial charge < -0.3 is 24.8 Å². The number of nitrogens with zero attached hydrogens (tertiary/aromatic N) is 6. The number of rotatable bonds is 30. The van der Waals surface area contributed by atoms with Crippen molar-refractivity contribution in [2.45, 2.75) is 131 Å². The van der Waals surface area contributed by atoms with Crippen LogP contribution in [0.4, 0.5) is 29.5 Å². The molecule has 2 aromatic heterocycles. The molecule has 16 nitrogen and oxygen atoms in total. The first-order chi connectivity index (χ1) is 29.6. The number of hydroxylamine groups is 1. The molecular formula is C45H72N10O6. The zero-order valence-electron chi connectivity index (χ0n) is 37.4. The van der Waals surface area contributed by atoms with E-state index in [9.17, 15) is 10.4 Å². The van der Waals surface area contributed by atoms with Gasteiger partial charge >= 0.3 is 6.01 Å². The van der Waals surface area contributed by atoms with Crippen LogP contribution in [-0.2, 0) is 0 Å². The summed E-state index contributed by atoms with van der Waals surface area (Å²) in [5.74, 6) is 3.22. The van der Waals surface area contributed by atoms with Gasteiger partial charge in [0.25, 0.3) is 17.8 Å². The molecule has 0 radical (unpaired) electrons. The average Bonchev–Trinajstić information content (AvgIpc) is 3.25. The lowest BCUT2D eigenvalue weighted by atomic mass is 10.1. The van der Waals surface area contributed by atoms with E-state index in [-0.39, 0.29) is 23.9 Å². The van der Waals surface area contributed by atoms with Gasteiger partial charge in [-0.15, -0.1) is 0 Å². The van der Waals surface area contributed by atoms with Gasteiger partial charge in [0.1, 0.15) is 23.1 Å². The van der Waals surface area contributed by atoms with Crippen molar-refractivity contribution < 1.29 is 29.8 Å². The highest BCUT2D eigenvalue weighted by Gasteiger charge is 2.13. The van der Waals surface area contributed by atoms with Gasteiger partial charge in [-0.1, -0.05) is 113 Å². The third-order valence-electron chi connectivity index (χ3n) is 9.64. The van der Waals surface area contributed by atoms with Gasteiger partial charge in [-0.05, 0) is 76.6 Å². The molecule has 0 bridgehead atoms. The molecule has 2 heterocycles. The molecule has 0 aliphatic heterocycles. The second-order valence-corrected chi connectivity index (χ2v) is 15.2. The molecular weight excluding hydrogens is 777 g/mol. The first-order valence-corrected chi connectivity index (χ1v) is 22.1. The minimum atomic E-state index is -0.0417. The second-order valence-electron chi connectivity index (χ2n) is 15.2. The third-order valence-corrected chi connectivity index (χ3v) is 9.64. The van der Waals surface area contributed by atoms with Crippen LogP contribution in [0.25, 0.3) is 0 Å². The van der Waals surface area contributed by atoms with E-state index >= 15 is 0 Å². The van der Waals surface area contributed by atoms with Crippen molar-refractivity contribution in [1.29, 1.82) is 0 Å². The molecule has 0 saturated heterocycles. The first kappa shape index (κ1) is 50.2. The van der Waals surface area contributed by atoms with Crippen molar-refractivity contribution in [2.75, 3.05) is 66.1 Å². The van der Waals surface area contributed by atoms with Crippen molar-refractivity contribution in [3.05, 3.63) is 64.7 Å². The lowest BCUT2D eigenvalue weighted by Gasteiger charge is -2.16.